The zero-order valence-electron chi connectivity index (χ0n) is 20.1. The number of hydrogen-bond acceptors (Lipinski definition) is 5. The highest BCUT2D eigenvalue weighted by molar-refractivity contribution is 7.92. The SMILES string of the molecule is Cc1ccc(N(CC(=O)NCc2ccc(N3CCOCC3)cc2)S(=O)(=O)c2ccc(C)cc2)cc1. The fourth-order valence-electron chi connectivity index (χ4n) is 3.90. The van der Waals surface area contributed by atoms with Crippen LogP contribution in [-0.4, -0.2) is 47.2 Å². The van der Waals surface area contributed by atoms with Crippen LogP contribution in [0.2, 0.25) is 0 Å². The van der Waals surface area contributed by atoms with E-state index in [1.165, 1.54) is 0 Å². The summed E-state index contributed by atoms with van der Waals surface area (Å²) in [5.74, 6) is -0.376. The first-order valence-electron chi connectivity index (χ1n) is 11.7. The summed E-state index contributed by atoms with van der Waals surface area (Å²) in [4.78, 5) is 15.3. The summed E-state index contributed by atoms with van der Waals surface area (Å²) in [5, 5.41) is 2.86. The van der Waals surface area contributed by atoms with Gasteiger partial charge in [0.2, 0.25) is 5.91 Å². The van der Waals surface area contributed by atoms with Gasteiger partial charge in [0.25, 0.3) is 10.0 Å². The summed E-state index contributed by atoms with van der Waals surface area (Å²) < 4.78 is 33.5. The first-order chi connectivity index (χ1) is 16.8. The molecule has 1 saturated heterocycles. The van der Waals surface area contributed by atoms with Crippen LogP contribution < -0.4 is 14.5 Å². The van der Waals surface area contributed by atoms with Gasteiger partial charge in [-0.25, -0.2) is 8.42 Å². The maximum absolute atomic E-state index is 13.5. The Labute approximate surface area is 207 Å². The van der Waals surface area contributed by atoms with Gasteiger partial charge >= 0.3 is 0 Å². The number of benzene rings is 3. The molecule has 0 aromatic heterocycles. The Balaban J connectivity index is 1.46. The monoisotopic (exact) mass is 493 g/mol. The van der Waals surface area contributed by atoms with Gasteiger partial charge in [-0.15, -0.1) is 0 Å². The molecule has 4 rings (SSSR count). The third kappa shape index (κ3) is 6.21. The topological polar surface area (TPSA) is 79.0 Å². The number of nitrogens with one attached hydrogen (secondary N) is 1. The summed E-state index contributed by atoms with van der Waals surface area (Å²) in [6.45, 7) is 7.00. The van der Waals surface area contributed by atoms with Crippen LogP contribution in [0.25, 0.3) is 0 Å². The van der Waals surface area contributed by atoms with Gasteiger partial charge in [-0.05, 0) is 55.8 Å². The number of nitrogens with zero attached hydrogens (tertiary/aromatic N) is 2. The van der Waals surface area contributed by atoms with E-state index in [1.807, 2.05) is 50.2 Å². The van der Waals surface area contributed by atoms with Gasteiger partial charge in [0, 0.05) is 25.3 Å². The van der Waals surface area contributed by atoms with Crippen LogP contribution in [0.15, 0.2) is 77.7 Å². The molecule has 1 heterocycles. The van der Waals surface area contributed by atoms with Crippen molar-refractivity contribution in [2.75, 3.05) is 42.1 Å². The average molecular weight is 494 g/mol. The van der Waals surface area contributed by atoms with Crippen LogP contribution in [0.5, 0.6) is 0 Å². The first kappa shape index (κ1) is 24.8. The van der Waals surface area contributed by atoms with E-state index in [-0.39, 0.29) is 17.3 Å². The van der Waals surface area contributed by atoms with E-state index in [0.717, 1.165) is 53.0 Å². The Hall–Kier alpha value is -3.36. The van der Waals surface area contributed by atoms with Gasteiger partial charge in [-0.1, -0.05) is 47.5 Å². The fourth-order valence-corrected chi connectivity index (χ4v) is 5.32. The van der Waals surface area contributed by atoms with E-state index in [2.05, 4.69) is 10.2 Å². The fraction of sp³-hybridized carbons (Fsp3) is 0.296. The highest BCUT2D eigenvalue weighted by Gasteiger charge is 2.27. The molecule has 0 aliphatic carbocycles. The molecule has 1 N–H and O–H groups in total. The number of aryl methyl sites for hydroxylation is 2. The van der Waals surface area contributed by atoms with Crippen molar-refractivity contribution in [2.24, 2.45) is 0 Å². The summed E-state index contributed by atoms with van der Waals surface area (Å²) >= 11 is 0. The normalized spacial score (nSPS) is 13.9. The first-order valence-corrected chi connectivity index (χ1v) is 13.1. The predicted octanol–water partition coefficient (Wildman–Crippen LogP) is 3.65. The predicted molar refractivity (Wildman–Crippen MR) is 138 cm³/mol. The molecule has 1 aliphatic heterocycles. The van der Waals surface area contributed by atoms with E-state index in [1.54, 1.807) is 36.4 Å². The molecular weight excluding hydrogens is 462 g/mol. The summed E-state index contributed by atoms with van der Waals surface area (Å²) in [5.41, 5.74) is 4.48. The molecule has 0 bridgehead atoms. The molecule has 7 nitrogen and oxygen atoms in total. The second-order valence-corrected chi connectivity index (χ2v) is 10.6. The molecule has 1 fully saturated rings. The van der Waals surface area contributed by atoms with Crippen LogP contribution >= 0.6 is 0 Å². The van der Waals surface area contributed by atoms with Crippen molar-refractivity contribution in [2.45, 2.75) is 25.3 Å². The molecule has 1 amide bonds. The molecule has 0 radical (unpaired) electrons. The summed E-state index contributed by atoms with van der Waals surface area (Å²) in [6.07, 6.45) is 0. The number of carbonyl (C=O) groups excluding carboxylic acids is 1. The van der Waals surface area contributed by atoms with Gasteiger partial charge in [0.05, 0.1) is 23.8 Å². The van der Waals surface area contributed by atoms with Gasteiger partial charge < -0.3 is 15.0 Å². The van der Waals surface area contributed by atoms with Crippen molar-refractivity contribution < 1.29 is 17.9 Å². The zero-order chi connectivity index (χ0) is 24.8. The highest BCUT2D eigenvalue weighted by atomic mass is 32.2. The Bertz CT molecular complexity index is 1240. The minimum atomic E-state index is -3.92. The lowest BCUT2D eigenvalue weighted by Gasteiger charge is -2.29. The maximum Gasteiger partial charge on any atom is 0.264 e. The molecule has 0 atom stereocenters. The van der Waals surface area contributed by atoms with Crippen molar-refractivity contribution in [1.29, 1.82) is 0 Å². The second kappa shape index (κ2) is 10.9. The van der Waals surface area contributed by atoms with E-state index >= 15 is 0 Å². The minimum absolute atomic E-state index is 0.148. The molecule has 3 aromatic carbocycles. The van der Waals surface area contributed by atoms with Gasteiger partial charge in [0.15, 0.2) is 0 Å². The van der Waals surface area contributed by atoms with E-state index in [4.69, 9.17) is 4.74 Å². The second-order valence-electron chi connectivity index (χ2n) is 8.70. The number of carbonyl (C=O) groups is 1. The number of ether oxygens (including phenoxy) is 1. The van der Waals surface area contributed by atoms with Gasteiger partial charge in [-0.2, -0.15) is 0 Å². The molecule has 0 saturated carbocycles. The van der Waals surface area contributed by atoms with Crippen molar-refractivity contribution >= 4 is 27.3 Å². The third-order valence-corrected chi connectivity index (χ3v) is 7.81. The number of hydrogen-bond donors (Lipinski definition) is 1. The lowest BCUT2D eigenvalue weighted by Crippen LogP contribution is -2.40. The number of anilines is 2. The average Bonchev–Trinajstić information content (AvgIpc) is 2.88. The van der Waals surface area contributed by atoms with Crippen LogP contribution in [-0.2, 0) is 26.1 Å². The lowest BCUT2D eigenvalue weighted by atomic mass is 10.2. The highest BCUT2D eigenvalue weighted by Crippen LogP contribution is 2.24. The van der Waals surface area contributed by atoms with Gasteiger partial charge in [0.1, 0.15) is 6.54 Å². The summed E-state index contributed by atoms with van der Waals surface area (Å²) in [7, 11) is -3.92. The maximum atomic E-state index is 13.5. The van der Waals surface area contributed by atoms with Crippen molar-refractivity contribution in [3.8, 4) is 0 Å². The number of rotatable bonds is 8. The van der Waals surface area contributed by atoms with E-state index in [9.17, 15) is 13.2 Å². The number of sulfonamides is 1. The quantitative estimate of drug-likeness (QED) is 0.518. The summed E-state index contributed by atoms with van der Waals surface area (Å²) in [6, 6.07) is 21.8. The van der Waals surface area contributed by atoms with Crippen molar-refractivity contribution in [1.82, 2.24) is 5.32 Å². The Morgan fingerprint density at radius 2 is 1.46 bits per heavy atom. The Morgan fingerprint density at radius 1 is 0.886 bits per heavy atom. The van der Waals surface area contributed by atoms with Crippen LogP contribution in [0, 0.1) is 13.8 Å². The minimum Gasteiger partial charge on any atom is -0.378 e. The van der Waals surface area contributed by atoms with Crippen molar-refractivity contribution in [3.05, 3.63) is 89.5 Å². The van der Waals surface area contributed by atoms with E-state index in [0.29, 0.717) is 12.2 Å². The molecule has 0 unspecified atom stereocenters. The van der Waals surface area contributed by atoms with Crippen LogP contribution in [0.4, 0.5) is 11.4 Å². The Kier molecular flexibility index (Phi) is 7.73. The molecule has 0 spiro atoms. The zero-order valence-corrected chi connectivity index (χ0v) is 20.9. The number of morpholine rings is 1. The molecular formula is C27H31N3O4S. The largest absolute Gasteiger partial charge is 0.378 e. The molecule has 35 heavy (non-hydrogen) atoms. The van der Waals surface area contributed by atoms with Crippen LogP contribution in [0.1, 0.15) is 16.7 Å². The van der Waals surface area contributed by atoms with Crippen LogP contribution in [0.3, 0.4) is 0 Å². The lowest BCUT2D eigenvalue weighted by molar-refractivity contribution is -0.119. The molecule has 184 valence electrons. The standard InChI is InChI=1S/C27H31N3O4S/c1-21-3-9-25(10-4-21)30(35(32,33)26-13-5-22(2)6-14-26)20-27(31)28-19-23-7-11-24(12-8-23)29-15-17-34-18-16-29/h3-14H,15-20H2,1-2H3,(H,28,31). The number of amides is 1. The van der Waals surface area contributed by atoms with E-state index < -0.39 is 10.0 Å². The third-order valence-electron chi connectivity index (χ3n) is 6.02. The Morgan fingerprint density at radius 3 is 2.06 bits per heavy atom. The molecule has 8 heteroatoms. The molecule has 1 aliphatic rings. The van der Waals surface area contributed by atoms with Crippen molar-refractivity contribution in [3.63, 3.8) is 0 Å². The molecule has 3 aromatic rings. The smallest absolute Gasteiger partial charge is 0.264 e. The van der Waals surface area contributed by atoms with Gasteiger partial charge in [-0.3, -0.25) is 9.10 Å².